The molecule has 0 aliphatic carbocycles. The average Bonchev–Trinajstić information content (AvgIpc) is 2.90. The minimum atomic E-state index is -5.08. The predicted octanol–water partition coefficient (Wildman–Crippen LogP) is -0.847. The summed E-state index contributed by atoms with van der Waals surface area (Å²) >= 11 is 0. The number of nitrogens with two attached hydrogens (primary N) is 1. The van der Waals surface area contributed by atoms with Gasteiger partial charge in [-0.15, -0.1) is 0 Å². The number of nitrogens with zero attached hydrogens (tertiary/aromatic N) is 1. The van der Waals surface area contributed by atoms with Gasteiger partial charge in [0.05, 0.1) is 11.7 Å². The quantitative estimate of drug-likeness (QED) is 0.460. The van der Waals surface area contributed by atoms with Crippen LogP contribution in [0.3, 0.4) is 0 Å². The van der Waals surface area contributed by atoms with Crippen molar-refractivity contribution < 1.29 is 37.8 Å². The van der Waals surface area contributed by atoms with E-state index in [4.69, 9.17) is 15.6 Å². The highest BCUT2D eigenvalue weighted by molar-refractivity contribution is 5.98. The van der Waals surface area contributed by atoms with Gasteiger partial charge in [0, 0.05) is 32.4 Å². The van der Waals surface area contributed by atoms with E-state index in [1.807, 2.05) is 0 Å². The molecular formula is C13H17F3N4O5. The lowest BCUT2D eigenvalue weighted by atomic mass is 10.2. The highest BCUT2D eigenvalue weighted by Gasteiger charge is 2.38. The van der Waals surface area contributed by atoms with E-state index in [-0.39, 0.29) is 18.1 Å². The fourth-order valence-corrected chi connectivity index (χ4v) is 1.92. The lowest BCUT2D eigenvalue weighted by Gasteiger charge is -2.21. The number of aromatic amines is 1. The third-order valence-corrected chi connectivity index (χ3v) is 3.09. The summed E-state index contributed by atoms with van der Waals surface area (Å²) in [5.41, 5.74) is 5.68. The summed E-state index contributed by atoms with van der Waals surface area (Å²) in [5.74, 6) is -3.58. The van der Waals surface area contributed by atoms with Gasteiger partial charge in [-0.1, -0.05) is 0 Å². The smallest absolute Gasteiger partial charge is 0.475 e. The van der Waals surface area contributed by atoms with Gasteiger partial charge >= 0.3 is 12.1 Å². The Morgan fingerprint density at radius 2 is 1.92 bits per heavy atom. The van der Waals surface area contributed by atoms with Crippen molar-refractivity contribution in [3.8, 4) is 0 Å². The number of hydrogen-bond acceptors (Lipinski definition) is 5. The van der Waals surface area contributed by atoms with Gasteiger partial charge < -0.3 is 31.1 Å². The van der Waals surface area contributed by atoms with Crippen molar-refractivity contribution in [1.82, 2.24) is 15.2 Å². The first kappa shape index (κ1) is 20.4. The maximum Gasteiger partial charge on any atom is 0.490 e. The summed E-state index contributed by atoms with van der Waals surface area (Å²) in [4.78, 5) is 36.2. The summed E-state index contributed by atoms with van der Waals surface area (Å²) in [6.07, 6.45) is -4.21. The monoisotopic (exact) mass is 366 g/mol. The van der Waals surface area contributed by atoms with Crippen molar-refractivity contribution in [3.05, 3.63) is 23.5 Å². The molecule has 1 saturated heterocycles. The number of alkyl halides is 3. The second-order valence-electron chi connectivity index (χ2n) is 5.08. The van der Waals surface area contributed by atoms with E-state index in [1.54, 1.807) is 4.90 Å². The molecule has 1 aromatic rings. The van der Waals surface area contributed by atoms with Crippen molar-refractivity contribution in [2.75, 3.05) is 26.2 Å². The number of carboxylic acid groups (broad SMARTS) is 1. The summed E-state index contributed by atoms with van der Waals surface area (Å²) in [6, 6.07) is 1.43. The van der Waals surface area contributed by atoms with Crippen LogP contribution in [0.5, 0.6) is 0 Å². The number of primary amides is 1. The highest BCUT2D eigenvalue weighted by atomic mass is 19.4. The molecule has 1 aliphatic rings. The number of carboxylic acids is 1. The molecule has 0 bridgehead atoms. The molecule has 0 radical (unpaired) electrons. The lowest BCUT2D eigenvalue weighted by molar-refractivity contribution is -0.192. The summed E-state index contributed by atoms with van der Waals surface area (Å²) in [7, 11) is 0. The van der Waals surface area contributed by atoms with E-state index in [0.29, 0.717) is 25.2 Å². The second kappa shape index (κ2) is 8.48. The normalized spacial score (nSPS) is 17.9. The zero-order valence-electron chi connectivity index (χ0n) is 12.8. The highest BCUT2D eigenvalue weighted by Crippen LogP contribution is 2.13. The van der Waals surface area contributed by atoms with E-state index in [1.165, 1.54) is 12.3 Å². The Balaban J connectivity index is 0.000000381. The molecule has 0 spiro atoms. The van der Waals surface area contributed by atoms with Crippen molar-refractivity contribution >= 4 is 17.8 Å². The molecule has 1 aliphatic heterocycles. The van der Waals surface area contributed by atoms with Crippen LogP contribution in [0.4, 0.5) is 13.2 Å². The number of carbonyl (C=O) groups is 3. The van der Waals surface area contributed by atoms with Crippen LogP contribution in [-0.4, -0.2) is 76.3 Å². The van der Waals surface area contributed by atoms with Gasteiger partial charge in [0.15, 0.2) is 0 Å². The van der Waals surface area contributed by atoms with Gasteiger partial charge in [-0.3, -0.25) is 9.59 Å². The van der Waals surface area contributed by atoms with E-state index in [2.05, 4.69) is 10.3 Å². The average molecular weight is 366 g/mol. The fourth-order valence-electron chi connectivity index (χ4n) is 1.92. The third-order valence-electron chi connectivity index (χ3n) is 3.09. The summed E-state index contributed by atoms with van der Waals surface area (Å²) in [5, 5.41) is 19.8. The number of H-pyrrole nitrogens is 1. The lowest BCUT2D eigenvalue weighted by Crippen LogP contribution is -2.37. The Bertz CT molecular complexity index is 631. The molecule has 1 aromatic heterocycles. The molecule has 0 aromatic carbocycles. The molecule has 2 heterocycles. The topological polar surface area (TPSA) is 149 Å². The van der Waals surface area contributed by atoms with Crippen LogP contribution in [-0.2, 0) is 4.79 Å². The number of aliphatic hydroxyl groups excluding tert-OH is 1. The summed E-state index contributed by atoms with van der Waals surface area (Å²) in [6.45, 7) is 1.91. The van der Waals surface area contributed by atoms with Crippen LogP contribution >= 0.6 is 0 Å². The fraction of sp³-hybridized carbons (Fsp3) is 0.462. The number of halogens is 3. The number of carbonyl (C=O) groups excluding carboxylic acids is 2. The molecule has 1 unspecified atom stereocenters. The second-order valence-corrected chi connectivity index (χ2v) is 5.08. The van der Waals surface area contributed by atoms with Crippen LogP contribution in [0.1, 0.15) is 20.8 Å². The van der Waals surface area contributed by atoms with E-state index in [0.717, 1.165) is 0 Å². The minimum Gasteiger partial charge on any atom is -0.475 e. The number of amides is 2. The first-order chi connectivity index (χ1) is 11.5. The van der Waals surface area contributed by atoms with Crippen LogP contribution in [0.15, 0.2) is 12.3 Å². The molecule has 2 amide bonds. The van der Waals surface area contributed by atoms with E-state index >= 15 is 0 Å². The van der Waals surface area contributed by atoms with Gasteiger partial charge in [-0.25, -0.2) is 4.79 Å². The van der Waals surface area contributed by atoms with E-state index in [9.17, 15) is 27.9 Å². The Morgan fingerprint density at radius 1 is 1.32 bits per heavy atom. The third kappa shape index (κ3) is 6.43. The molecule has 140 valence electrons. The van der Waals surface area contributed by atoms with Crippen molar-refractivity contribution in [2.24, 2.45) is 5.73 Å². The van der Waals surface area contributed by atoms with Gasteiger partial charge in [0.2, 0.25) is 0 Å². The van der Waals surface area contributed by atoms with E-state index < -0.39 is 24.2 Å². The van der Waals surface area contributed by atoms with Gasteiger partial charge in [-0.2, -0.15) is 13.2 Å². The molecular weight excluding hydrogens is 349 g/mol. The number of aliphatic carboxylic acids is 1. The Labute approximate surface area is 139 Å². The predicted molar refractivity (Wildman–Crippen MR) is 77.8 cm³/mol. The standard InChI is InChI=1S/C11H16N4O3.C2HF3O2/c12-10(17)9-3-7(4-14-9)11(18)15-2-1-13-5-8(16)6-15;3-2(4,5)1(6)7/h3-4,8,13-14,16H,1-2,5-6H2,(H2,12,17);(H,6,7). The number of nitrogens with one attached hydrogen (secondary N) is 2. The van der Waals surface area contributed by atoms with Crippen molar-refractivity contribution in [2.45, 2.75) is 12.3 Å². The minimum absolute atomic E-state index is 0.201. The maximum absolute atomic E-state index is 12.1. The Kier molecular flexibility index (Phi) is 6.94. The van der Waals surface area contributed by atoms with Gasteiger partial charge in [-0.05, 0) is 6.07 Å². The number of aromatic nitrogens is 1. The molecule has 25 heavy (non-hydrogen) atoms. The molecule has 12 heteroatoms. The zero-order chi connectivity index (χ0) is 19.2. The number of rotatable bonds is 2. The molecule has 1 fully saturated rings. The van der Waals surface area contributed by atoms with Crippen molar-refractivity contribution in [1.29, 1.82) is 0 Å². The molecule has 6 N–H and O–H groups in total. The molecule has 9 nitrogen and oxygen atoms in total. The maximum atomic E-state index is 12.1. The van der Waals surface area contributed by atoms with Crippen LogP contribution in [0, 0.1) is 0 Å². The Morgan fingerprint density at radius 3 is 2.40 bits per heavy atom. The van der Waals surface area contributed by atoms with Gasteiger partial charge in [0.1, 0.15) is 5.69 Å². The van der Waals surface area contributed by atoms with Crippen LogP contribution in [0.25, 0.3) is 0 Å². The molecule has 2 rings (SSSR count). The van der Waals surface area contributed by atoms with Crippen LogP contribution < -0.4 is 11.1 Å². The number of hydrogen-bond donors (Lipinski definition) is 5. The first-order valence-electron chi connectivity index (χ1n) is 6.98. The van der Waals surface area contributed by atoms with Crippen molar-refractivity contribution in [3.63, 3.8) is 0 Å². The molecule has 0 saturated carbocycles. The summed E-state index contributed by atoms with van der Waals surface area (Å²) < 4.78 is 31.7. The Hall–Kier alpha value is -2.60. The number of aliphatic hydroxyl groups is 1. The number of β-amino-alcohol motifs (C(OH)–C–C–N with tert-alkyl or cyclic N) is 1. The largest absolute Gasteiger partial charge is 0.490 e. The molecule has 1 atom stereocenters. The van der Waals surface area contributed by atoms with Gasteiger partial charge in [0.25, 0.3) is 11.8 Å². The first-order valence-corrected chi connectivity index (χ1v) is 6.98. The SMILES string of the molecule is NC(=O)c1cc(C(=O)N2CCNCC(O)C2)c[nH]1.O=C(O)C(F)(F)F. The van der Waals surface area contributed by atoms with Crippen LogP contribution in [0.2, 0.25) is 0 Å². The zero-order valence-corrected chi connectivity index (χ0v) is 12.8.